The van der Waals surface area contributed by atoms with E-state index in [2.05, 4.69) is 9.97 Å². The molecule has 0 spiro atoms. The Hall–Kier alpha value is -2.07. The predicted octanol–water partition coefficient (Wildman–Crippen LogP) is 4.01. The average molecular weight is 256 g/mol. The second-order valence-electron chi connectivity index (χ2n) is 3.74. The molecule has 0 unspecified atom stereocenters. The minimum Gasteiger partial charge on any atom is -0.244 e. The highest BCUT2D eigenvalue weighted by Gasteiger charge is 2.12. The molecule has 0 saturated carbocycles. The predicted molar refractivity (Wildman–Crippen MR) is 70.7 cm³/mol. The van der Waals surface area contributed by atoms with Crippen molar-refractivity contribution in [3.05, 3.63) is 60.1 Å². The maximum atomic E-state index is 13.8. The monoisotopic (exact) mass is 256 g/mol. The van der Waals surface area contributed by atoms with Crippen LogP contribution in [0.2, 0.25) is 0 Å². The van der Waals surface area contributed by atoms with Gasteiger partial charge in [0.05, 0.1) is 10.6 Å². The van der Waals surface area contributed by atoms with E-state index < -0.39 is 0 Å². The van der Waals surface area contributed by atoms with Gasteiger partial charge in [0.2, 0.25) is 0 Å². The molecule has 0 aliphatic carbocycles. The molecule has 2 aromatic heterocycles. The molecule has 2 nitrogen and oxygen atoms in total. The fraction of sp³-hybridized carbons (Fsp3) is 0. The zero-order valence-corrected chi connectivity index (χ0v) is 10.2. The average Bonchev–Trinajstić information content (AvgIpc) is 2.93. The quantitative estimate of drug-likeness (QED) is 0.692. The smallest absolute Gasteiger partial charge is 0.131 e. The second-order valence-corrected chi connectivity index (χ2v) is 4.69. The van der Waals surface area contributed by atoms with Crippen molar-refractivity contribution in [2.75, 3.05) is 0 Å². The molecule has 0 N–H and O–H groups in total. The van der Waals surface area contributed by atoms with E-state index in [9.17, 15) is 4.39 Å². The molecule has 88 valence electrons. The van der Waals surface area contributed by atoms with E-state index in [0.29, 0.717) is 5.56 Å². The van der Waals surface area contributed by atoms with Crippen molar-refractivity contribution in [1.29, 1.82) is 0 Å². The Bertz CT molecular complexity index is 665. The summed E-state index contributed by atoms with van der Waals surface area (Å²) < 4.78 is 13.8. The molecular weight excluding hydrogens is 247 g/mol. The lowest BCUT2D eigenvalue weighted by Gasteiger charge is -2.07. The first-order valence-electron chi connectivity index (χ1n) is 5.45. The van der Waals surface area contributed by atoms with Crippen molar-refractivity contribution in [3.63, 3.8) is 0 Å². The van der Waals surface area contributed by atoms with E-state index in [1.54, 1.807) is 29.7 Å². The van der Waals surface area contributed by atoms with Gasteiger partial charge in [0, 0.05) is 17.3 Å². The van der Waals surface area contributed by atoms with Crippen LogP contribution in [0.1, 0.15) is 0 Å². The Morgan fingerprint density at radius 3 is 2.67 bits per heavy atom. The highest BCUT2D eigenvalue weighted by molar-refractivity contribution is 7.13. The standard InChI is InChI=1S/C14H9FN2S/c15-12-5-2-1-4-10(12)11-8-16-9-17-14(11)13-6-3-7-18-13/h1-9H. The van der Waals surface area contributed by atoms with Crippen LogP contribution in [0.15, 0.2) is 54.3 Å². The van der Waals surface area contributed by atoms with Crippen molar-refractivity contribution in [1.82, 2.24) is 9.97 Å². The number of rotatable bonds is 2. The largest absolute Gasteiger partial charge is 0.244 e. The number of aromatic nitrogens is 2. The number of hydrogen-bond donors (Lipinski definition) is 0. The molecule has 0 bridgehead atoms. The lowest BCUT2D eigenvalue weighted by atomic mass is 10.0. The molecule has 0 radical (unpaired) electrons. The molecule has 0 fully saturated rings. The summed E-state index contributed by atoms with van der Waals surface area (Å²) in [6.07, 6.45) is 3.14. The third-order valence-electron chi connectivity index (χ3n) is 2.63. The molecule has 18 heavy (non-hydrogen) atoms. The van der Waals surface area contributed by atoms with Gasteiger partial charge in [0.1, 0.15) is 12.1 Å². The molecule has 1 aromatic carbocycles. The minimum atomic E-state index is -0.259. The summed E-state index contributed by atoms with van der Waals surface area (Å²) in [6.45, 7) is 0. The highest BCUT2D eigenvalue weighted by atomic mass is 32.1. The van der Waals surface area contributed by atoms with Crippen LogP contribution in [-0.2, 0) is 0 Å². The number of benzene rings is 1. The Labute approximate surface area is 108 Å². The summed E-state index contributed by atoms with van der Waals surface area (Å²) in [7, 11) is 0. The van der Waals surface area contributed by atoms with E-state index in [4.69, 9.17) is 0 Å². The molecule has 4 heteroatoms. The number of thiophene rings is 1. The molecule has 0 saturated heterocycles. The van der Waals surface area contributed by atoms with Crippen molar-refractivity contribution >= 4 is 11.3 Å². The normalized spacial score (nSPS) is 10.5. The van der Waals surface area contributed by atoms with Crippen LogP contribution < -0.4 is 0 Å². The molecule has 3 aromatic rings. The summed E-state index contributed by atoms with van der Waals surface area (Å²) in [6, 6.07) is 10.6. The van der Waals surface area contributed by atoms with Crippen LogP contribution in [-0.4, -0.2) is 9.97 Å². The van der Waals surface area contributed by atoms with Crippen LogP contribution in [0.25, 0.3) is 21.7 Å². The summed E-state index contributed by atoms with van der Waals surface area (Å²) in [5.74, 6) is -0.259. The maximum absolute atomic E-state index is 13.8. The van der Waals surface area contributed by atoms with Gasteiger partial charge in [-0.3, -0.25) is 0 Å². The molecule has 0 aliphatic heterocycles. The molecule has 2 heterocycles. The Kier molecular flexibility index (Phi) is 2.86. The first kappa shape index (κ1) is 11.0. The summed E-state index contributed by atoms with van der Waals surface area (Å²) in [4.78, 5) is 9.28. The SMILES string of the molecule is Fc1ccccc1-c1cncnc1-c1cccs1. The van der Waals surface area contributed by atoms with Gasteiger partial charge in [-0.15, -0.1) is 11.3 Å². The van der Waals surface area contributed by atoms with Crippen LogP contribution in [0.5, 0.6) is 0 Å². The first-order chi connectivity index (χ1) is 8.86. The number of nitrogens with zero attached hydrogens (tertiary/aromatic N) is 2. The highest BCUT2D eigenvalue weighted by Crippen LogP contribution is 2.33. The van der Waals surface area contributed by atoms with Gasteiger partial charge in [-0.1, -0.05) is 24.3 Å². The lowest BCUT2D eigenvalue weighted by Crippen LogP contribution is -1.91. The van der Waals surface area contributed by atoms with E-state index in [1.165, 1.54) is 12.4 Å². The van der Waals surface area contributed by atoms with Gasteiger partial charge in [-0.25, -0.2) is 14.4 Å². The Morgan fingerprint density at radius 1 is 1.00 bits per heavy atom. The van der Waals surface area contributed by atoms with E-state index in [1.807, 2.05) is 23.6 Å². The summed E-state index contributed by atoms with van der Waals surface area (Å²) in [5, 5.41) is 1.97. The molecule has 0 atom stereocenters. The van der Waals surface area contributed by atoms with E-state index in [-0.39, 0.29) is 5.82 Å². The molecular formula is C14H9FN2S. The Morgan fingerprint density at radius 2 is 1.89 bits per heavy atom. The summed E-state index contributed by atoms with van der Waals surface area (Å²) >= 11 is 1.58. The van der Waals surface area contributed by atoms with Gasteiger partial charge >= 0.3 is 0 Å². The minimum absolute atomic E-state index is 0.259. The van der Waals surface area contributed by atoms with Gasteiger partial charge in [0.25, 0.3) is 0 Å². The van der Waals surface area contributed by atoms with Gasteiger partial charge in [0.15, 0.2) is 0 Å². The van der Waals surface area contributed by atoms with E-state index >= 15 is 0 Å². The molecule has 3 rings (SSSR count). The zero-order valence-electron chi connectivity index (χ0n) is 9.38. The van der Waals surface area contributed by atoms with Crippen LogP contribution in [0.4, 0.5) is 4.39 Å². The first-order valence-corrected chi connectivity index (χ1v) is 6.33. The number of halogens is 1. The summed E-state index contributed by atoms with van der Waals surface area (Å²) in [5.41, 5.74) is 2.02. The zero-order chi connectivity index (χ0) is 12.4. The van der Waals surface area contributed by atoms with Crippen molar-refractivity contribution in [2.24, 2.45) is 0 Å². The second kappa shape index (κ2) is 4.66. The van der Waals surface area contributed by atoms with Gasteiger partial charge in [-0.05, 0) is 17.5 Å². The van der Waals surface area contributed by atoms with Gasteiger partial charge in [-0.2, -0.15) is 0 Å². The van der Waals surface area contributed by atoms with Crippen molar-refractivity contribution < 1.29 is 4.39 Å². The van der Waals surface area contributed by atoms with Crippen molar-refractivity contribution in [2.45, 2.75) is 0 Å². The third kappa shape index (κ3) is 1.91. The van der Waals surface area contributed by atoms with Crippen molar-refractivity contribution in [3.8, 4) is 21.7 Å². The van der Waals surface area contributed by atoms with Crippen LogP contribution in [0.3, 0.4) is 0 Å². The fourth-order valence-corrected chi connectivity index (χ4v) is 2.55. The fourth-order valence-electron chi connectivity index (χ4n) is 1.82. The molecule has 0 aliphatic rings. The van der Waals surface area contributed by atoms with E-state index in [0.717, 1.165) is 16.1 Å². The third-order valence-corrected chi connectivity index (χ3v) is 3.51. The molecule has 0 amide bonds. The van der Waals surface area contributed by atoms with Gasteiger partial charge < -0.3 is 0 Å². The lowest BCUT2D eigenvalue weighted by molar-refractivity contribution is 0.631. The Balaban J connectivity index is 2.22. The van der Waals surface area contributed by atoms with Crippen LogP contribution in [0, 0.1) is 5.82 Å². The maximum Gasteiger partial charge on any atom is 0.131 e. The van der Waals surface area contributed by atoms with Crippen LogP contribution >= 0.6 is 11.3 Å². The topological polar surface area (TPSA) is 25.8 Å². The number of hydrogen-bond acceptors (Lipinski definition) is 3.